The molecule has 3 heteroatoms. The second-order valence-electron chi connectivity index (χ2n) is 3.28. The van der Waals surface area contributed by atoms with Gasteiger partial charge in [0.2, 0.25) is 0 Å². The smallest absolute Gasteiger partial charge is 0.0593 e. The summed E-state index contributed by atoms with van der Waals surface area (Å²) >= 11 is 0. The lowest BCUT2D eigenvalue weighted by Crippen LogP contribution is -2.19. The van der Waals surface area contributed by atoms with Gasteiger partial charge in [-0.25, -0.2) is 0 Å². The van der Waals surface area contributed by atoms with E-state index in [0.29, 0.717) is 6.04 Å². The van der Waals surface area contributed by atoms with Crippen molar-refractivity contribution >= 4 is 0 Å². The summed E-state index contributed by atoms with van der Waals surface area (Å²) in [5.41, 5.74) is 1.10. The van der Waals surface area contributed by atoms with Crippen molar-refractivity contribution in [1.29, 1.82) is 0 Å². The number of nitrogens with zero attached hydrogens (tertiary/aromatic N) is 2. The summed E-state index contributed by atoms with van der Waals surface area (Å²) in [7, 11) is 0. The van der Waals surface area contributed by atoms with Crippen LogP contribution in [-0.4, -0.2) is 23.0 Å². The van der Waals surface area contributed by atoms with Gasteiger partial charge in [0.1, 0.15) is 0 Å². The zero-order valence-corrected chi connectivity index (χ0v) is 7.36. The molecule has 0 atom stereocenters. The highest BCUT2D eigenvalue weighted by atomic mass is 16.5. The van der Waals surface area contributed by atoms with Gasteiger partial charge in [-0.15, -0.1) is 0 Å². The second-order valence-corrected chi connectivity index (χ2v) is 3.28. The highest BCUT2D eigenvalue weighted by Crippen LogP contribution is 2.19. The maximum absolute atomic E-state index is 5.29. The summed E-state index contributed by atoms with van der Waals surface area (Å²) in [5.74, 6) is 0. The van der Waals surface area contributed by atoms with Gasteiger partial charge in [0.05, 0.1) is 11.7 Å². The van der Waals surface area contributed by atoms with Crippen molar-refractivity contribution in [2.45, 2.75) is 25.8 Å². The Bertz CT molecular complexity index is 251. The fraction of sp³-hybridized carbons (Fsp3) is 0.667. The van der Waals surface area contributed by atoms with Gasteiger partial charge in [-0.2, -0.15) is 5.10 Å². The molecule has 0 radical (unpaired) electrons. The van der Waals surface area contributed by atoms with E-state index in [1.165, 1.54) is 0 Å². The molecule has 0 aromatic carbocycles. The molecule has 0 unspecified atom stereocenters. The van der Waals surface area contributed by atoms with Gasteiger partial charge in [-0.05, 0) is 25.8 Å². The van der Waals surface area contributed by atoms with Crippen molar-refractivity contribution in [3.8, 4) is 0 Å². The summed E-state index contributed by atoms with van der Waals surface area (Å²) in [6.45, 7) is 3.78. The molecule has 2 rings (SSSR count). The van der Waals surface area contributed by atoms with Crippen molar-refractivity contribution in [3.63, 3.8) is 0 Å². The molecule has 0 aliphatic carbocycles. The van der Waals surface area contributed by atoms with E-state index in [1.54, 1.807) is 0 Å². The van der Waals surface area contributed by atoms with Crippen LogP contribution in [-0.2, 0) is 4.74 Å². The Hall–Kier alpha value is -0.830. The first-order chi connectivity index (χ1) is 5.86. The van der Waals surface area contributed by atoms with Crippen molar-refractivity contribution in [3.05, 3.63) is 18.0 Å². The highest BCUT2D eigenvalue weighted by Gasteiger charge is 2.15. The minimum Gasteiger partial charge on any atom is -0.381 e. The highest BCUT2D eigenvalue weighted by molar-refractivity contribution is 4.96. The summed E-state index contributed by atoms with van der Waals surface area (Å²) in [4.78, 5) is 0. The molecule has 0 amide bonds. The van der Waals surface area contributed by atoms with Crippen LogP contribution in [0.5, 0.6) is 0 Å². The van der Waals surface area contributed by atoms with E-state index in [2.05, 4.69) is 22.0 Å². The monoisotopic (exact) mass is 166 g/mol. The van der Waals surface area contributed by atoms with Crippen LogP contribution < -0.4 is 0 Å². The standard InChI is InChI=1S/C9H14N2O/c1-8-2-5-11(10-8)9-3-6-12-7-4-9/h2,5,9H,3-4,6-7H2,1H3. The molecular formula is C9H14N2O. The molecule has 1 saturated heterocycles. The van der Waals surface area contributed by atoms with Crippen LogP contribution in [0.3, 0.4) is 0 Å². The Labute approximate surface area is 72.3 Å². The normalized spacial score (nSPS) is 19.8. The van der Waals surface area contributed by atoms with Crippen molar-refractivity contribution in [2.75, 3.05) is 13.2 Å². The van der Waals surface area contributed by atoms with E-state index in [9.17, 15) is 0 Å². The quantitative estimate of drug-likeness (QED) is 0.632. The second kappa shape index (κ2) is 3.27. The number of hydrogen-bond donors (Lipinski definition) is 0. The van der Waals surface area contributed by atoms with E-state index in [0.717, 1.165) is 31.7 Å². The molecule has 66 valence electrons. The van der Waals surface area contributed by atoms with Crippen molar-refractivity contribution in [2.24, 2.45) is 0 Å². The zero-order chi connectivity index (χ0) is 8.39. The molecule has 12 heavy (non-hydrogen) atoms. The Kier molecular flexibility index (Phi) is 2.13. The van der Waals surface area contributed by atoms with Crippen LogP contribution in [0, 0.1) is 6.92 Å². The molecule has 1 aromatic heterocycles. The minimum absolute atomic E-state index is 0.562. The Morgan fingerprint density at radius 1 is 1.50 bits per heavy atom. The van der Waals surface area contributed by atoms with Crippen molar-refractivity contribution < 1.29 is 4.74 Å². The first-order valence-corrected chi connectivity index (χ1v) is 4.46. The van der Waals surface area contributed by atoms with Gasteiger partial charge in [0.25, 0.3) is 0 Å². The van der Waals surface area contributed by atoms with Gasteiger partial charge in [0.15, 0.2) is 0 Å². The summed E-state index contributed by atoms with van der Waals surface area (Å²) in [6.07, 6.45) is 4.26. The van der Waals surface area contributed by atoms with Crippen molar-refractivity contribution in [1.82, 2.24) is 9.78 Å². The molecule has 1 aliphatic rings. The maximum atomic E-state index is 5.29. The molecule has 0 bridgehead atoms. The van der Waals surface area contributed by atoms with Crippen LogP contribution in [0.2, 0.25) is 0 Å². The molecule has 3 nitrogen and oxygen atoms in total. The van der Waals surface area contributed by atoms with Crippen LogP contribution >= 0.6 is 0 Å². The number of aryl methyl sites for hydroxylation is 1. The lowest BCUT2D eigenvalue weighted by Gasteiger charge is -2.22. The average Bonchev–Trinajstić information content (AvgIpc) is 2.54. The molecule has 0 spiro atoms. The average molecular weight is 166 g/mol. The third kappa shape index (κ3) is 1.50. The molecular weight excluding hydrogens is 152 g/mol. The number of rotatable bonds is 1. The molecule has 0 saturated carbocycles. The minimum atomic E-state index is 0.562. The third-order valence-electron chi connectivity index (χ3n) is 2.31. The summed E-state index contributed by atoms with van der Waals surface area (Å²) in [5, 5.41) is 4.40. The lowest BCUT2D eigenvalue weighted by molar-refractivity contribution is 0.0661. The molecule has 0 N–H and O–H groups in total. The van der Waals surface area contributed by atoms with E-state index in [-0.39, 0.29) is 0 Å². The maximum Gasteiger partial charge on any atom is 0.0593 e. The predicted molar refractivity (Wildman–Crippen MR) is 46.1 cm³/mol. The van der Waals surface area contributed by atoms with Gasteiger partial charge in [-0.1, -0.05) is 0 Å². The van der Waals surface area contributed by atoms with Gasteiger partial charge in [-0.3, -0.25) is 4.68 Å². The number of aromatic nitrogens is 2. The van der Waals surface area contributed by atoms with Gasteiger partial charge < -0.3 is 4.74 Å². The van der Waals surface area contributed by atoms with E-state index < -0.39 is 0 Å². The van der Waals surface area contributed by atoms with E-state index in [1.807, 2.05) is 6.92 Å². The Morgan fingerprint density at radius 3 is 2.83 bits per heavy atom. The third-order valence-corrected chi connectivity index (χ3v) is 2.31. The summed E-state index contributed by atoms with van der Waals surface area (Å²) in [6, 6.07) is 2.61. The number of ether oxygens (including phenoxy) is 1. The fourth-order valence-corrected chi connectivity index (χ4v) is 1.59. The molecule has 1 aliphatic heterocycles. The molecule has 1 fully saturated rings. The SMILES string of the molecule is Cc1ccn(C2CCOCC2)n1. The van der Waals surface area contributed by atoms with Gasteiger partial charge >= 0.3 is 0 Å². The van der Waals surface area contributed by atoms with Crippen LogP contribution in [0.25, 0.3) is 0 Å². The number of hydrogen-bond acceptors (Lipinski definition) is 2. The first kappa shape index (κ1) is 7.80. The zero-order valence-electron chi connectivity index (χ0n) is 7.36. The predicted octanol–water partition coefficient (Wildman–Crippen LogP) is 1.54. The van der Waals surface area contributed by atoms with Crippen LogP contribution in [0.4, 0.5) is 0 Å². The molecule has 1 aromatic rings. The topological polar surface area (TPSA) is 27.1 Å². The Morgan fingerprint density at radius 2 is 2.25 bits per heavy atom. The van der Waals surface area contributed by atoms with E-state index in [4.69, 9.17) is 4.74 Å². The van der Waals surface area contributed by atoms with Crippen LogP contribution in [0.15, 0.2) is 12.3 Å². The fourth-order valence-electron chi connectivity index (χ4n) is 1.59. The molecule has 2 heterocycles. The Balaban J connectivity index is 2.08. The first-order valence-electron chi connectivity index (χ1n) is 4.46. The largest absolute Gasteiger partial charge is 0.381 e. The van der Waals surface area contributed by atoms with Gasteiger partial charge in [0, 0.05) is 19.4 Å². The van der Waals surface area contributed by atoms with E-state index >= 15 is 0 Å². The summed E-state index contributed by atoms with van der Waals surface area (Å²) < 4.78 is 7.35. The van der Waals surface area contributed by atoms with Crippen LogP contribution in [0.1, 0.15) is 24.6 Å². The lowest BCUT2D eigenvalue weighted by atomic mass is 10.1.